The molecule has 0 radical (unpaired) electrons. The van der Waals surface area contributed by atoms with Crippen LogP contribution in [0.5, 0.6) is 5.75 Å². The number of benzene rings is 1. The smallest absolute Gasteiger partial charge is 0.374 e. The highest BCUT2D eigenvalue weighted by Crippen LogP contribution is 2.29. The van der Waals surface area contributed by atoms with Crippen molar-refractivity contribution in [3.63, 3.8) is 0 Å². The fraction of sp³-hybridized carbons (Fsp3) is 0.286. The number of aromatic amines is 1. The molecule has 2 heterocycles. The van der Waals surface area contributed by atoms with Crippen LogP contribution < -0.4 is 4.74 Å². The monoisotopic (exact) mass is 258 g/mol. The molecule has 0 saturated carbocycles. The third-order valence-corrected chi connectivity index (χ3v) is 3.05. The molecule has 0 fully saturated rings. The Labute approximate surface area is 110 Å². The number of nitrogens with zero attached hydrogens (tertiary/aromatic N) is 1. The second kappa shape index (κ2) is 4.76. The first kappa shape index (κ1) is 11.8. The van der Waals surface area contributed by atoms with Crippen LogP contribution in [0.3, 0.4) is 0 Å². The Morgan fingerprint density at radius 1 is 1.53 bits per heavy atom. The minimum Gasteiger partial charge on any atom is -0.493 e. The van der Waals surface area contributed by atoms with Crippen LogP contribution in [-0.4, -0.2) is 29.2 Å². The minimum atomic E-state index is -0.432. The molecule has 3 rings (SSSR count). The number of nitrogens with one attached hydrogen (secondary N) is 1. The molecule has 0 aliphatic carbocycles. The van der Waals surface area contributed by atoms with Gasteiger partial charge >= 0.3 is 5.97 Å². The molecule has 1 aromatic carbocycles. The number of aromatic nitrogens is 2. The summed E-state index contributed by atoms with van der Waals surface area (Å²) in [6, 6.07) is 5.96. The third kappa shape index (κ3) is 2.19. The molecular formula is C14H14N2O3. The van der Waals surface area contributed by atoms with E-state index in [1.807, 2.05) is 12.1 Å². The van der Waals surface area contributed by atoms with Crippen molar-refractivity contribution in [2.24, 2.45) is 0 Å². The number of rotatable bonds is 3. The van der Waals surface area contributed by atoms with Crippen LogP contribution in [0.25, 0.3) is 11.3 Å². The van der Waals surface area contributed by atoms with Gasteiger partial charge in [0.25, 0.3) is 0 Å². The Hall–Kier alpha value is -2.30. The third-order valence-electron chi connectivity index (χ3n) is 3.05. The molecule has 0 atom stereocenters. The summed E-state index contributed by atoms with van der Waals surface area (Å²) in [5.74, 6) is 0.737. The first-order valence-electron chi connectivity index (χ1n) is 6.26. The fourth-order valence-corrected chi connectivity index (χ4v) is 2.13. The molecule has 0 saturated heterocycles. The van der Waals surface area contributed by atoms with E-state index in [2.05, 4.69) is 16.0 Å². The summed E-state index contributed by atoms with van der Waals surface area (Å²) in [5, 5.41) is 0. The van der Waals surface area contributed by atoms with Gasteiger partial charge in [0.1, 0.15) is 5.75 Å². The molecule has 5 nitrogen and oxygen atoms in total. The molecular weight excluding hydrogens is 244 g/mol. The average molecular weight is 258 g/mol. The van der Waals surface area contributed by atoms with Gasteiger partial charge in [0.2, 0.25) is 5.82 Å². The molecule has 19 heavy (non-hydrogen) atoms. The van der Waals surface area contributed by atoms with E-state index in [4.69, 9.17) is 9.47 Å². The SMILES string of the molecule is CCOC(=O)c1ncc(-c2ccc3c(c2)CCO3)[nH]1. The van der Waals surface area contributed by atoms with Crippen LogP contribution in [0.4, 0.5) is 0 Å². The highest BCUT2D eigenvalue weighted by atomic mass is 16.5. The number of hydrogen-bond donors (Lipinski definition) is 1. The fourth-order valence-electron chi connectivity index (χ4n) is 2.13. The summed E-state index contributed by atoms with van der Waals surface area (Å²) in [5.41, 5.74) is 2.98. The average Bonchev–Trinajstić information content (AvgIpc) is 3.07. The van der Waals surface area contributed by atoms with E-state index in [1.165, 1.54) is 5.56 Å². The zero-order valence-corrected chi connectivity index (χ0v) is 10.6. The van der Waals surface area contributed by atoms with E-state index in [0.717, 1.165) is 30.0 Å². The number of carbonyl (C=O) groups is 1. The van der Waals surface area contributed by atoms with Crippen molar-refractivity contribution in [3.05, 3.63) is 35.8 Å². The Bertz CT molecular complexity index is 619. The number of carbonyl (C=O) groups excluding carboxylic acids is 1. The number of esters is 1. The van der Waals surface area contributed by atoms with Crippen molar-refractivity contribution < 1.29 is 14.3 Å². The lowest BCUT2D eigenvalue weighted by atomic mass is 10.1. The second-order valence-electron chi connectivity index (χ2n) is 4.29. The van der Waals surface area contributed by atoms with E-state index < -0.39 is 5.97 Å². The maximum absolute atomic E-state index is 11.5. The van der Waals surface area contributed by atoms with E-state index in [-0.39, 0.29) is 5.82 Å². The van der Waals surface area contributed by atoms with Crippen molar-refractivity contribution >= 4 is 5.97 Å². The zero-order chi connectivity index (χ0) is 13.2. The molecule has 5 heteroatoms. The van der Waals surface area contributed by atoms with Crippen LogP contribution in [0.2, 0.25) is 0 Å². The van der Waals surface area contributed by atoms with Gasteiger partial charge in [0, 0.05) is 12.0 Å². The Balaban J connectivity index is 1.88. The minimum absolute atomic E-state index is 0.230. The number of hydrogen-bond acceptors (Lipinski definition) is 4. The lowest BCUT2D eigenvalue weighted by Gasteiger charge is -2.02. The van der Waals surface area contributed by atoms with Crippen molar-refractivity contribution in [2.45, 2.75) is 13.3 Å². The number of imidazole rings is 1. The summed E-state index contributed by atoms with van der Waals surface area (Å²) in [6.45, 7) is 2.84. The lowest BCUT2D eigenvalue weighted by molar-refractivity contribution is 0.0513. The molecule has 1 aromatic heterocycles. The van der Waals surface area contributed by atoms with E-state index in [1.54, 1.807) is 13.1 Å². The van der Waals surface area contributed by atoms with Crippen LogP contribution in [0, 0.1) is 0 Å². The van der Waals surface area contributed by atoms with Crippen molar-refractivity contribution in [3.8, 4) is 17.0 Å². The summed E-state index contributed by atoms with van der Waals surface area (Å²) in [4.78, 5) is 18.6. The van der Waals surface area contributed by atoms with Crippen molar-refractivity contribution in [1.82, 2.24) is 9.97 Å². The maximum Gasteiger partial charge on any atom is 0.374 e. The first-order valence-corrected chi connectivity index (χ1v) is 6.26. The lowest BCUT2D eigenvalue weighted by Crippen LogP contribution is -2.06. The normalized spacial score (nSPS) is 12.9. The zero-order valence-electron chi connectivity index (χ0n) is 10.6. The van der Waals surface area contributed by atoms with Gasteiger partial charge in [-0.2, -0.15) is 0 Å². The van der Waals surface area contributed by atoms with Crippen molar-refractivity contribution in [1.29, 1.82) is 0 Å². The van der Waals surface area contributed by atoms with Gasteiger partial charge in [-0.1, -0.05) is 0 Å². The predicted molar refractivity (Wildman–Crippen MR) is 69.2 cm³/mol. The Morgan fingerprint density at radius 2 is 2.42 bits per heavy atom. The van der Waals surface area contributed by atoms with Crippen LogP contribution >= 0.6 is 0 Å². The number of H-pyrrole nitrogens is 1. The van der Waals surface area contributed by atoms with Crippen LogP contribution in [-0.2, 0) is 11.2 Å². The first-order chi connectivity index (χ1) is 9.28. The molecule has 0 bridgehead atoms. The van der Waals surface area contributed by atoms with Gasteiger partial charge in [0.05, 0.1) is 25.1 Å². The van der Waals surface area contributed by atoms with Gasteiger partial charge in [-0.3, -0.25) is 0 Å². The largest absolute Gasteiger partial charge is 0.493 e. The van der Waals surface area contributed by atoms with E-state index >= 15 is 0 Å². The molecule has 1 aliphatic rings. The highest BCUT2D eigenvalue weighted by molar-refractivity contribution is 5.86. The Morgan fingerprint density at radius 3 is 3.26 bits per heavy atom. The number of ether oxygens (including phenoxy) is 2. The predicted octanol–water partition coefficient (Wildman–Crippen LogP) is 2.19. The summed E-state index contributed by atoms with van der Waals surface area (Å²) in [7, 11) is 0. The van der Waals surface area contributed by atoms with Gasteiger partial charge in [-0.15, -0.1) is 0 Å². The molecule has 1 N–H and O–H groups in total. The summed E-state index contributed by atoms with van der Waals surface area (Å²) < 4.78 is 10.4. The molecule has 1 aliphatic heterocycles. The molecule has 2 aromatic rings. The topological polar surface area (TPSA) is 64.2 Å². The maximum atomic E-state index is 11.5. The highest BCUT2D eigenvalue weighted by Gasteiger charge is 2.15. The van der Waals surface area contributed by atoms with E-state index in [9.17, 15) is 4.79 Å². The van der Waals surface area contributed by atoms with Crippen LogP contribution in [0.15, 0.2) is 24.4 Å². The number of fused-ring (bicyclic) bond motifs is 1. The van der Waals surface area contributed by atoms with Gasteiger partial charge in [-0.05, 0) is 30.7 Å². The summed E-state index contributed by atoms with van der Waals surface area (Å²) >= 11 is 0. The second-order valence-corrected chi connectivity index (χ2v) is 4.29. The quantitative estimate of drug-likeness (QED) is 0.857. The summed E-state index contributed by atoms with van der Waals surface area (Å²) in [6.07, 6.45) is 2.56. The van der Waals surface area contributed by atoms with Gasteiger partial charge in [-0.25, -0.2) is 9.78 Å². The van der Waals surface area contributed by atoms with Gasteiger partial charge < -0.3 is 14.5 Å². The molecule has 98 valence electrons. The molecule has 0 amide bonds. The molecule has 0 spiro atoms. The van der Waals surface area contributed by atoms with E-state index in [0.29, 0.717) is 6.61 Å². The van der Waals surface area contributed by atoms with Crippen molar-refractivity contribution in [2.75, 3.05) is 13.2 Å². The molecule has 0 unspecified atom stereocenters. The van der Waals surface area contributed by atoms with Crippen LogP contribution in [0.1, 0.15) is 23.1 Å². The standard InChI is InChI=1S/C14H14N2O3/c1-2-18-14(17)13-15-8-11(16-13)9-3-4-12-10(7-9)5-6-19-12/h3-4,7-8H,2,5-6H2,1H3,(H,15,16). The van der Waals surface area contributed by atoms with Gasteiger partial charge in [0.15, 0.2) is 0 Å². The Kier molecular flexibility index (Phi) is 2.95.